The number of furan rings is 1. The van der Waals surface area contributed by atoms with Gasteiger partial charge in [0.05, 0.1) is 29.4 Å². The van der Waals surface area contributed by atoms with Crippen molar-refractivity contribution in [1.29, 1.82) is 5.26 Å². The van der Waals surface area contributed by atoms with Gasteiger partial charge in [0.25, 0.3) is 11.6 Å². The van der Waals surface area contributed by atoms with Crippen LogP contribution in [0.2, 0.25) is 0 Å². The maximum Gasteiger partial charge on any atom is 0.269 e. The van der Waals surface area contributed by atoms with Crippen LogP contribution in [0, 0.1) is 21.4 Å². The summed E-state index contributed by atoms with van der Waals surface area (Å²) in [7, 11) is 0. The van der Waals surface area contributed by atoms with E-state index in [4.69, 9.17) is 9.15 Å². The van der Waals surface area contributed by atoms with Gasteiger partial charge in [0.15, 0.2) is 0 Å². The molecule has 0 aliphatic heterocycles. The summed E-state index contributed by atoms with van der Waals surface area (Å²) in [5.74, 6) is 0.979. The van der Waals surface area contributed by atoms with E-state index in [-0.39, 0.29) is 17.8 Å². The second kappa shape index (κ2) is 12.1. The molecule has 0 bridgehead atoms. The summed E-state index contributed by atoms with van der Waals surface area (Å²) < 4.78 is 10.7. The number of non-ortho nitro benzene ring substituents is 1. The summed E-state index contributed by atoms with van der Waals surface area (Å²) in [6, 6.07) is 18.7. The number of anilines is 1. The number of carbonyl (C=O) groups excluding carboxylic acids is 1. The Morgan fingerprint density at radius 2 is 2.00 bits per heavy atom. The van der Waals surface area contributed by atoms with Gasteiger partial charge in [-0.15, -0.1) is 11.8 Å². The van der Waals surface area contributed by atoms with Crippen LogP contribution >= 0.6 is 11.8 Å². The molecule has 10 heteroatoms. The lowest BCUT2D eigenvalue weighted by Gasteiger charge is -2.14. The molecular formula is C24H22N4O5S. The fourth-order valence-electron chi connectivity index (χ4n) is 2.89. The van der Waals surface area contributed by atoms with E-state index in [2.05, 4.69) is 10.6 Å². The van der Waals surface area contributed by atoms with Gasteiger partial charge in [-0.2, -0.15) is 5.26 Å². The smallest absolute Gasteiger partial charge is 0.269 e. The van der Waals surface area contributed by atoms with Crippen molar-refractivity contribution < 1.29 is 18.9 Å². The van der Waals surface area contributed by atoms with Crippen molar-refractivity contribution in [3.8, 4) is 11.8 Å². The van der Waals surface area contributed by atoms with Gasteiger partial charge >= 0.3 is 0 Å². The summed E-state index contributed by atoms with van der Waals surface area (Å²) in [4.78, 5) is 23.4. The molecule has 1 aromatic heterocycles. The average molecular weight is 479 g/mol. The number of nitro benzene ring substituents is 1. The lowest BCUT2D eigenvalue weighted by atomic mass is 10.2. The molecule has 0 spiro atoms. The van der Waals surface area contributed by atoms with Crippen LogP contribution in [0.15, 0.2) is 81.9 Å². The molecule has 9 nitrogen and oxygen atoms in total. The van der Waals surface area contributed by atoms with Crippen LogP contribution < -0.4 is 15.4 Å². The first-order chi connectivity index (χ1) is 16.5. The highest BCUT2D eigenvalue weighted by molar-refractivity contribution is 8.02. The molecule has 174 valence electrons. The lowest BCUT2D eigenvalue weighted by molar-refractivity contribution is -0.384. The van der Waals surface area contributed by atoms with Crippen LogP contribution in [0.5, 0.6) is 5.75 Å². The first-order valence-corrected chi connectivity index (χ1v) is 11.3. The van der Waals surface area contributed by atoms with Crippen molar-refractivity contribution in [2.24, 2.45) is 0 Å². The Morgan fingerprint density at radius 3 is 2.65 bits per heavy atom. The molecule has 1 heterocycles. The lowest BCUT2D eigenvalue weighted by Crippen LogP contribution is -2.25. The molecule has 0 fully saturated rings. The Kier molecular flexibility index (Phi) is 8.71. The normalized spacial score (nSPS) is 11.2. The number of ether oxygens (including phenoxy) is 1. The van der Waals surface area contributed by atoms with Crippen LogP contribution in [0.1, 0.15) is 18.2 Å². The molecule has 3 rings (SSSR count). The Hall–Kier alpha value is -4.23. The van der Waals surface area contributed by atoms with Crippen LogP contribution in [0.4, 0.5) is 11.4 Å². The van der Waals surface area contributed by atoms with Gasteiger partial charge in [-0.25, -0.2) is 0 Å². The number of benzene rings is 2. The van der Waals surface area contributed by atoms with E-state index in [1.54, 1.807) is 48.5 Å². The highest BCUT2D eigenvalue weighted by atomic mass is 32.2. The number of hydrogen-bond donors (Lipinski definition) is 2. The maximum atomic E-state index is 12.8. The second-order valence-corrected chi connectivity index (χ2v) is 7.86. The number of nitro groups is 1. The molecule has 0 aliphatic rings. The molecule has 0 radical (unpaired) electrons. The van der Waals surface area contributed by atoms with E-state index in [1.807, 2.05) is 13.0 Å². The molecule has 0 atom stereocenters. The van der Waals surface area contributed by atoms with E-state index < -0.39 is 10.8 Å². The highest BCUT2D eigenvalue weighted by Crippen LogP contribution is 2.28. The van der Waals surface area contributed by atoms with Gasteiger partial charge in [-0.3, -0.25) is 14.9 Å². The van der Waals surface area contributed by atoms with Gasteiger partial charge in [0.1, 0.15) is 23.2 Å². The molecule has 2 aromatic carbocycles. The molecule has 0 saturated heterocycles. The average Bonchev–Trinajstić information content (AvgIpc) is 3.37. The van der Waals surface area contributed by atoms with Crippen molar-refractivity contribution >= 4 is 29.0 Å². The predicted molar refractivity (Wildman–Crippen MR) is 129 cm³/mol. The number of nitrogens with one attached hydrogen (secondary N) is 2. The third-order valence-electron chi connectivity index (χ3n) is 4.50. The molecule has 0 saturated carbocycles. The quantitative estimate of drug-likeness (QED) is 0.171. The van der Waals surface area contributed by atoms with E-state index in [1.165, 1.54) is 30.2 Å². The summed E-state index contributed by atoms with van der Waals surface area (Å²) in [5, 5.41) is 27.0. The van der Waals surface area contributed by atoms with Crippen LogP contribution in [-0.4, -0.2) is 17.4 Å². The van der Waals surface area contributed by atoms with Crippen molar-refractivity contribution in [1.82, 2.24) is 5.32 Å². The molecule has 3 aromatic rings. The van der Waals surface area contributed by atoms with Gasteiger partial charge in [-0.05, 0) is 48.9 Å². The largest absolute Gasteiger partial charge is 0.494 e. The predicted octanol–water partition coefficient (Wildman–Crippen LogP) is 4.98. The molecule has 0 aliphatic carbocycles. The monoisotopic (exact) mass is 478 g/mol. The first kappa shape index (κ1) is 24.4. The zero-order valence-corrected chi connectivity index (χ0v) is 19.1. The molecule has 0 unspecified atom stereocenters. The molecular weight excluding hydrogens is 456 g/mol. The van der Waals surface area contributed by atoms with E-state index in [0.717, 1.165) is 0 Å². The Balaban J connectivity index is 1.84. The fraction of sp³-hybridized carbons (Fsp3) is 0.167. The van der Waals surface area contributed by atoms with Crippen LogP contribution in [0.3, 0.4) is 0 Å². The third-order valence-corrected chi connectivity index (χ3v) is 5.57. The van der Waals surface area contributed by atoms with Gasteiger partial charge in [-0.1, -0.05) is 12.1 Å². The zero-order valence-electron chi connectivity index (χ0n) is 18.3. The van der Waals surface area contributed by atoms with Crippen molar-refractivity contribution in [2.45, 2.75) is 19.2 Å². The Morgan fingerprint density at radius 1 is 1.21 bits per heavy atom. The standard InChI is InChI=1S/C24H22N4O5S/c1-2-32-20-10-8-18(9-11-20)27-24(34-16-17-5-3-6-19(13-17)28(30)31)22(14-25)23(29)26-15-21-7-4-12-33-21/h3-13,27H,2,15-16H2,1H3,(H,26,29). The third kappa shape index (κ3) is 6.88. The minimum atomic E-state index is -0.570. The van der Waals surface area contributed by atoms with Crippen molar-refractivity contribution in [3.05, 3.63) is 99.0 Å². The molecule has 1 amide bonds. The first-order valence-electron chi connectivity index (χ1n) is 10.3. The number of rotatable bonds is 11. The number of hydrogen-bond acceptors (Lipinski definition) is 8. The highest BCUT2D eigenvalue weighted by Gasteiger charge is 2.18. The van der Waals surface area contributed by atoms with Gasteiger partial charge < -0.3 is 19.8 Å². The summed E-state index contributed by atoms with van der Waals surface area (Å²) in [6.07, 6.45) is 1.50. The van der Waals surface area contributed by atoms with Crippen LogP contribution in [-0.2, 0) is 17.1 Å². The number of nitriles is 1. The van der Waals surface area contributed by atoms with Crippen molar-refractivity contribution in [3.63, 3.8) is 0 Å². The Labute approximate surface area is 200 Å². The van der Waals surface area contributed by atoms with E-state index in [9.17, 15) is 20.2 Å². The number of carbonyl (C=O) groups is 1. The second-order valence-electron chi connectivity index (χ2n) is 6.88. The van der Waals surface area contributed by atoms with E-state index >= 15 is 0 Å². The molecule has 34 heavy (non-hydrogen) atoms. The summed E-state index contributed by atoms with van der Waals surface area (Å²) >= 11 is 1.20. The van der Waals surface area contributed by atoms with Gasteiger partial charge in [0.2, 0.25) is 0 Å². The van der Waals surface area contributed by atoms with Gasteiger partial charge in [0, 0.05) is 23.6 Å². The number of nitrogens with zero attached hydrogens (tertiary/aromatic N) is 2. The summed E-state index contributed by atoms with van der Waals surface area (Å²) in [5.41, 5.74) is 1.19. The fourth-order valence-corrected chi connectivity index (χ4v) is 3.86. The minimum Gasteiger partial charge on any atom is -0.494 e. The number of amides is 1. The number of thioether (sulfide) groups is 1. The molecule has 2 N–H and O–H groups in total. The van der Waals surface area contributed by atoms with Crippen LogP contribution in [0.25, 0.3) is 0 Å². The topological polar surface area (TPSA) is 130 Å². The minimum absolute atomic E-state index is 0.0280. The van der Waals surface area contributed by atoms with E-state index in [0.29, 0.717) is 40.1 Å². The summed E-state index contributed by atoms with van der Waals surface area (Å²) in [6.45, 7) is 2.55. The SMILES string of the molecule is CCOc1ccc(NC(SCc2cccc([N+](=O)[O-])c2)=C(C#N)C(=O)NCc2ccco2)cc1. The maximum absolute atomic E-state index is 12.8. The zero-order chi connectivity index (χ0) is 24.3. The Bertz CT molecular complexity index is 1200. The van der Waals surface area contributed by atoms with Crippen molar-refractivity contribution in [2.75, 3.05) is 11.9 Å².